The van der Waals surface area contributed by atoms with Gasteiger partial charge in [0.15, 0.2) is 11.0 Å². The van der Waals surface area contributed by atoms with Crippen LogP contribution in [0, 0.1) is 10.1 Å². The molecule has 0 aliphatic carbocycles. The number of nitro benzene ring substituents is 1. The van der Waals surface area contributed by atoms with Gasteiger partial charge in [0, 0.05) is 23.1 Å². The molecule has 2 aromatic carbocycles. The normalized spacial score (nSPS) is 15.8. The summed E-state index contributed by atoms with van der Waals surface area (Å²) in [4.78, 5) is 13.2. The quantitative estimate of drug-likeness (QED) is 0.302. The number of nitrogens with zero attached hydrogens (tertiary/aromatic N) is 5. The summed E-state index contributed by atoms with van der Waals surface area (Å²) in [5.41, 5.74) is 2.04. The van der Waals surface area contributed by atoms with E-state index in [0.29, 0.717) is 0 Å². The molecule has 1 unspecified atom stereocenters. The van der Waals surface area contributed by atoms with E-state index in [0.717, 1.165) is 41.9 Å². The van der Waals surface area contributed by atoms with Gasteiger partial charge in [-0.1, -0.05) is 48.5 Å². The van der Waals surface area contributed by atoms with Gasteiger partial charge < -0.3 is 0 Å². The molecule has 1 atom stereocenters. The van der Waals surface area contributed by atoms with E-state index in [4.69, 9.17) is 0 Å². The lowest BCUT2D eigenvalue weighted by atomic mass is 10.1. The van der Waals surface area contributed by atoms with Crippen LogP contribution in [-0.4, -0.2) is 37.7 Å². The average molecular weight is 424 g/mol. The van der Waals surface area contributed by atoms with Crippen molar-refractivity contribution in [2.75, 3.05) is 13.1 Å². The Kier molecular flexibility index (Phi) is 6.44. The molecule has 1 aliphatic heterocycles. The summed E-state index contributed by atoms with van der Waals surface area (Å²) in [6.45, 7) is 4.99. The highest BCUT2D eigenvalue weighted by atomic mass is 32.2. The summed E-state index contributed by atoms with van der Waals surface area (Å²) in [6.07, 6.45) is 3.75. The van der Waals surface area contributed by atoms with E-state index in [2.05, 4.69) is 31.8 Å². The van der Waals surface area contributed by atoms with Gasteiger partial charge in [-0.2, -0.15) is 0 Å². The third kappa shape index (κ3) is 4.71. The van der Waals surface area contributed by atoms with Crippen molar-refractivity contribution in [2.45, 2.75) is 43.1 Å². The van der Waals surface area contributed by atoms with Crippen LogP contribution in [-0.2, 0) is 6.54 Å². The second-order valence-electron chi connectivity index (χ2n) is 7.52. The predicted octanol–water partition coefficient (Wildman–Crippen LogP) is 5.01. The number of aromatic nitrogens is 3. The lowest BCUT2D eigenvalue weighted by Crippen LogP contribution is -2.30. The van der Waals surface area contributed by atoms with Gasteiger partial charge >= 0.3 is 0 Å². The number of hydrogen-bond donors (Lipinski definition) is 0. The zero-order valence-corrected chi connectivity index (χ0v) is 17.8. The second-order valence-corrected chi connectivity index (χ2v) is 8.83. The number of thioether (sulfide) groups is 1. The summed E-state index contributed by atoms with van der Waals surface area (Å²) < 4.78 is 2.12. The van der Waals surface area contributed by atoms with Gasteiger partial charge in [0.05, 0.1) is 11.5 Å². The Labute approximate surface area is 180 Å². The number of piperidine rings is 1. The van der Waals surface area contributed by atoms with Gasteiger partial charge in [-0.15, -0.1) is 10.2 Å². The first kappa shape index (κ1) is 20.6. The van der Waals surface area contributed by atoms with Crippen LogP contribution in [0.4, 0.5) is 5.69 Å². The topological polar surface area (TPSA) is 77.1 Å². The number of nitro groups is 1. The Morgan fingerprint density at radius 3 is 2.57 bits per heavy atom. The molecule has 0 saturated carbocycles. The third-order valence-corrected chi connectivity index (χ3v) is 6.46. The molecule has 1 aliphatic rings. The minimum absolute atomic E-state index is 0.000557. The van der Waals surface area contributed by atoms with Gasteiger partial charge in [0.2, 0.25) is 0 Å². The Morgan fingerprint density at radius 1 is 1.07 bits per heavy atom. The van der Waals surface area contributed by atoms with Crippen molar-refractivity contribution >= 4 is 17.4 Å². The largest absolute Gasteiger partial charge is 0.296 e. The number of likely N-dealkylation sites (tertiary alicyclic amines) is 1. The van der Waals surface area contributed by atoms with Crippen LogP contribution in [0.5, 0.6) is 0 Å². The van der Waals surface area contributed by atoms with E-state index in [1.54, 1.807) is 23.9 Å². The Balaban J connectivity index is 1.62. The van der Waals surface area contributed by atoms with E-state index in [1.165, 1.54) is 25.3 Å². The van der Waals surface area contributed by atoms with Gasteiger partial charge in [-0.25, -0.2) is 0 Å². The van der Waals surface area contributed by atoms with E-state index >= 15 is 0 Å². The van der Waals surface area contributed by atoms with Crippen molar-refractivity contribution in [1.29, 1.82) is 0 Å². The predicted molar refractivity (Wildman–Crippen MR) is 118 cm³/mol. The highest BCUT2D eigenvalue weighted by Gasteiger charge is 2.21. The summed E-state index contributed by atoms with van der Waals surface area (Å²) in [7, 11) is 0. The molecular weight excluding hydrogens is 398 g/mol. The van der Waals surface area contributed by atoms with Crippen molar-refractivity contribution in [3.8, 4) is 5.69 Å². The van der Waals surface area contributed by atoms with E-state index in [-0.39, 0.29) is 15.9 Å². The molecule has 1 fully saturated rings. The van der Waals surface area contributed by atoms with Crippen LogP contribution in [0.2, 0.25) is 0 Å². The van der Waals surface area contributed by atoms with Crippen molar-refractivity contribution in [2.24, 2.45) is 0 Å². The zero-order chi connectivity index (χ0) is 20.9. The summed E-state index contributed by atoms with van der Waals surface area (Å²) in [6, 6.07) is 16.9. The Hall–Kier alpha value is -2.71. The molecule has 0 bridgehead atoms. The summed E-state index contributed by atoms with van der Waals surface area (Å²) in [5, 5.41) is 20.9. The lowest BCUT2D eigenvalue weighted by molar-refractivity contribution is -0.384. The van der Waals surface area contributed by atoms with Crippen LogP contribution in [0.1, 0.15) is 42.8 Å². The molecule has 0 amide bonds. The van der Waals surface area contributed by atoms with E-state index < -0.39 is 0 Å². The maximum Gasteiger partial charge on any atom is 0.269 e. The number of non-ortho nitro benzene ring substituents is 1. The number of rotatable bonds is 7. The monoisotopic (exact) mass is 423 g/mol. The lowest BCUT2D eigenvalue weighted by Gasteiger charge is -2.26. The molecule has 156 valence electrons. The maximum atomic E-state index is 11.1. The summed E-state index contributed by atoms with van der Waals surface area (Å²) in [5.74, 6) is 0.928. The molecule has 0 spiro atoms. The molecule has 7 nitrogen and oxygen atoms in total. The first-order valence-corrected chi connectivity index (χ1v) is 11.1. The molecule has 8 heteroatoms. The van der Waals surface area contributed by atoms with Gasteiger partial charge in [0.25, 0.3) is 5.69 Å². The fourth-order valence-electron chi connectivity index (χ4n) is 3.75. The summed E-state index contributed by atoms with van der Waals surface area (Å²) >= 11 is 1.57. The molecule has 1 saturated heterocycles. The van der Waals surface area contributed by atoms with Crippen molar-refractivity contribution in [1.82, 2.24) is 19.7 Å². The fourth-order valence-corrected chi connectivity index (χ4v) is 4.75. The van der Waals surface area contributed by atoms with Crippen molar-refractivity contribution < 1.29 is 4.92 Å². The van der Waals surface area contributed by atoms with E-state index in [1.807, 2.05) is 31.2 Å². The van der Waals surface area contributed by atoms with Crippen LogP contribution in [0.15, 0.2) is 59.8 Å². The SMILES string of the molecule is CC(Sc1nnc(CN2CCCCC2)n1-c1ccccc1)c1cccc([N+](=O)[O-])c1. The van der Waals surface area contributed by atoms with Crippen LogP contribution in [0.25, 0.3) is 5.69 Å². The number of para-hydroxylation sites is 1. The third-order valence-electron chi connectivity index (χ3n) is 5.36. The molecule has 0 N–H and O–H groups in total. The van der Waals surface area contributed by atoms with Crippen molar-refractivity contribution in [3.63, 3.8) is 0 Å². The molecule has 0 radical (unpaired) electrons. The molecule has 4 rings (SSSR count). The molecular formula is C22H25N5O2S. The van der Waals surface area contributed by atoms with Crippen LogP contribution < -0.4 is 0 Å². The highest BCUT2D eigenvalue weighted by molar-refractivity contribution is 7.99. The van der Waals surface area contributed by atoms with Gasteiger partial charge in [0.1, 0.15) is 0 Å². The van der Waals surface area contributed by atoms with Crippen LogP contribution in [0.3, 0.4) is 0 Å². The minimum atomic E-state index is -0.357. The smallest absolute Gasteiger partial charge is 0.269 e. The van der Waals surface area contributed by atoms with Crippen LogP contribution >= 0.6 is 11.8 Å². The standard InChI is InChI=1S/C22H25N5O2S/c1-17(18-9-8-12-20(15-18)27(28)29)30-22-24-23-21(16-25-13-6-3-7-14-25)26(22)19-10-4-2-5-11-19/h2,4-5,8-12,15,17H,3,6-7,13-14,16H2,1H3. The van der Waals surface area contributed by atoms with Gasteiger partial charge in [-0.05, 0) is 50.6 Å². The highest BCUT2D eigenvalue weighted by Crippen LogP contribution is 2.36. The molecule has 2 heterocycles. The van der Waals surface area contributed by atoms with Crippen molar-refractivity contribution in [3.05, 3.63) is 76.1 Å². The first-order chi connectivity index (χ1) is 14.6. The maximum absolute atomic E-state index is 11.1. The van der Waals surface area contributed by atoms with E-state index in [9.17, 15) is 10.1 Å². The zero-order valence-electron chi connectivity index (χ0n) is 17.0. The fraction of sp³-hybridized carbons (Fsp3) is 0.364. The molecule has 3 aromatic rings. The minimum Gasteiger partial charge on any atom is -0.296 e. The Bertz CT molecular complexity index is 1000. The number of benzene rings is 2. The molecule has 30 heavy (non-hydrogen) atoms. The number of hydrogen-bond acceptors (Lipinski definition) is 6. The average Bonchev–Trinajstić information content (AvgIpc) is 3.17. The molecule has 1 aromatic heterocycles. The Morgan fingerprint density at radius 2 is 1.83 bits per heavy atom. The second kappa shape index (κ2) is 9.40. The van der Waals surface area contributed by atoms with Gasteiger partial charge in [-0.3, -0.25) is 19.6 Å². The first-order valence-electron chi connectivity index (χ1n) is 10.2.